The Morgan fingerprint density at radius 2 is 2.11 bits per heavy atom. The third-order valence-electron chi connectivity index (χ3n) is 2.89. The normalized spacial score (nSPS) is 11.0. The van der Waals surface area contributed by atoms with Gasteiger partial charge in [0.25, 0.3) is 0 Å². The van der Waals surface area contributed by atoms with Crippen LogP contribution < -0.4 is 0 Å². The Balaban J connectivity index is 2.25. The van der Waals surface area contributed by atoms with E-state index in [1.54, 1.807) is 6.20 Å². The highest BCUT2D eigenvalue weighted by molar-refractivity contribution is 6.30. The molecule has 0 saturated heterocycles. The van der Waals surface area contributed by atoms with Gasteiger partial charge in [-0.05, 0) is 35.4 Å². The number of pyridine rings is 1. The maximum absolute atomic E-state index is 9.16. The van der Waals surface area contributed by atoms with Gasteiger partial charge in [0.1, 0.15) is 5.65 Å². The number of hydrogen-bond donors (Lipinski definition) is 2. The molecule has 2 aromatic heterocycles. The van der Waals surface area contributed by atoms with Crippen molar-refractivity contribution in [3.05, 3.63) is 53.3 Å². The lowest BCUT2D eigenvalue weighted by Crippen LogP contribution is -1.82. The number of benzene rings is 1. The maximum Gasteiger partial charge on any atom is 0.138 e. The van der Waals surface area contributed by atoms with Crippen molar-refractivity contribution < 1.29 is 5.11 Å². The van der Waals surface area contributed by atoms with E-state index in [4.69, 9.17) is 16.7 Å². The Bertz CT molecular complexity index is 706. The minimum Gasteiger partial charge on any atom is -0.390 e. The van der Waals surface area contributed by atoms with Crippen LogP contribution in [0.25, 0.3) is 22.2 Å². The Morgan fingerprint density at radius 1 is 1.22 bits per heavy atom. The van der Waals surface area contributed by atoms with E-state index in [0.717, 1.165) is 27.9 Å². The largest absolute Gasteiger partial charge is 0.390 e. The van der Waals surface area contributed by atoms with Gasteiger partial charge in [0.15, 0.2) is 0 Å². The Morgan fingerprint density at radius 3 is 2.89 bits per heavy atom. The molecule has 3 aromatic rings. The first kappa shape index (κ1) is 11.3. The maximum atomic E-state index is 9.16. The first-order valence-corrected chi connectivity index (χ1v) is 5.99. The number of rotatable bonds is 2. The van der Waals surface area contributed by atoms with Crippen LogP contribution in [0.5, 0.6) is 0 Å². The molecule has 0 fully saturated rings. The van der Waals surface area contributed by atoms with Crippen LogP contribution in [-0.2, 0) is 6.61 Å². The lowest BCUT2D eigenvalue weighted by molar-refractivity contribution is 0.278. The van der Waals surface area contributed by atoms with Crippen LogP contribution in [-0.4, -0.2) is 15.1 Å². The number of nitrogens with zero attached hydrogens (tertiary/aromatic N) is 1. The van der Waals surface area contributed by atoms with E-state index in [1.807, 2.05) is 36.4 Å². The summed E-state index contributed by atoms with van der Waals surface area (Å²) in [5.74, 6) is 0. The fourth-order valence-electron chi connectivity index (χ4n) is 2.07. The van der Waals surface area contributed by atoms with Crippen molar-refractivity contribution in [2.75, 3.05) is 0 Å². The van der Waals surface area contributed by atoms with Crippen LogP contribution in [0.2, 0.25) is 5.02 Å². The van der Waals surface area contributed by atoms with Crippen LogP contribution >= 0.6 is 11.6 Å². The topological polar surface area (TPSA) is 48.9 Å². The predicted octanol–water partition coefficient (Wildman–Crippen LogP) is 3.38. The molecular formula is C14H11ClN2O. The van der Waals surface area contributed by atoms with Gasteiger partial charge in [-0.15, -0.1) is 0 Å². The van der Waals surface area contributed by atoms with E-state index in [1.165, 1.54) is 0 Å². The van der Waals surface area contributed by atoms with E-state index < -0.39 is 0 Å². The average Bonchev–Trinajstić information content (AvgIpc) is 2.81. The molecule has 3 rings (SSSR count). The molecule has 2 heterocycles. The van der Waals surface area contributed by atoms with Crippen molar-refractivity contribution in [2.45, 2.75) is 6.61 Å². The summed E-state index contributed by atoms with van der Waals surface area (Å²) in [6.45, 7) is -0.0225. The number of halogens is 1. The third kappa shape index (κ3) is 1.88. The molecule has 3 nitrogen and oxygen atoms in total. The van der Waals surface area contributed by atoms with Crippen LogP contribution in [0.3, 0.4) is 0 Å². The number of fused-ring (bicyclic) bond motifs is 1. The molecule has 90 valence electrons. The second-order valence-corrected chi connectivity index (χ2v) is 4.52. The second-order valence-electron chi connectivity index (χ2n) is 4.08. The van der Waals surface area contributed by atoms with Gasteiger partial charge in [-0.1, -0.05) is 23.7 Å². The molecule has 0 amide bonds. The SMILES string of the molecule is OCc1cc2c(-c3cccc(Cl)c3)ccnc2[nH]1. The lowest BCUT2D eigenvalue weighted by Gasteiger charge is -2.03. The van der Waals surface area contributed by atoms with Gasteiger partial charge < -0.3 is 10.1 Å². The standard InChI is InChI=1S/C14H11ClN2O/c15-10-3-1-2-9(6-10)12-4-5-16-14-13(12)7-11(8-18)17-14/h1-7,18H,8H2,(H,16,17). The number of nitrogens with one attached hydrogen (secondary N) is 1. The Kier molecular flexibility index (Phi) is 2.78. The van der Waals surface area contributed by atoms with Gasteiger partial charge in [-0.2, -0.15) is 0 Å². The summed E-state index contributed by atoms with van der Waals surface area (Å²) < 4.78 is 0. The summed E-state index contributed by atoms with van der Waals surface area (Å²) in [6, 6.07) is 11.6. The van der Waals surface area contributed by atoms with E-state index in [2.05, 4.69) is 9.97 Å². The summed E-state index contributed by atoms with van der Waals surface area (Å²) in [4.78, 5) is 7.33. The van der Waals surface area contributed by atoms with Gasteiger partial charge in [-0.25, -0.2) is 4.98 Å². The molecular weight excluding hydrogens is 248 g/mol. The summed E-state index contributed by atoms with van der Waals surface area (Å²) in [7, 11) is 0. The van der Waals surface area contributed by atoms with E-state index in [9.17, 15) is 0 Å². The summed E-state index contributed by atoms with van der Waals surface area (Å²) in [5, 5.41) is 10.9. The molecule has 1 aromatic carbocycles. The number of aromatic nitrogens is 2. The number of H-pyrrole nitrogens is 1. The Labute approximate surface area is 109 Å². The fourth-order valence-corrected chi connectivity index (χ4v) is 2.26. The summed E-state index contributed by atoms with van der Waals surface area (Å²) in [5.41, 5.74) is 3.63. The van der Waals surface area contributed by atoms with Crippen molar-refractivity contribution in [2.24, 2.45) is 0 Å². The van der Waals surface area contributed by atoms with Gasteiger partial charge in [0.05, 0.1) is 6.61 Å². The highest BCUT2D eigenvalue weighted by Crippen LogP contribution is 2.29. The second kappa shape index (κ2) is 4.44. The molecule has 0 unspecified atom stereocenters. The van der Waals surface area contributed by atoms with Crippen LogP contribution in [0.1, 0.15) is 5.69 Å². The monoisotopic (exact) mass is 258 g/mol. The molecule has 18 heavy (non-hydrogen) atoms. The third-order valence-corrected chi connectivity index (χ3v) is 3.13. The number of hydrogen-bond acceptors (Lipinski definition) is 2. The summed E-state index contributed by atoms with van der Waals surface area (Å²) >= 11 is 6.01. The molecule has 0 radical (unpaired) electrons. The van der Waals surface area contributed by atoms with Gasteiger partial charge in [0.2, 0.25) is 0 Å². The fraction of sp³-hybridized carbons (Fsp3) is 0.0714. The first-order valence-electron chi connectivity index (χ1n) is 5.61. The van der Waals surface area contributed by atoms with Crippen LogP contribution in [0, 0.1) is 0 Å². The highest BCUT2D eigenvalue weighted by atomic mass is 35.5. The van der Waals surface area contributed by atoms with Crippen molar-refractivity contribution in [3.63, 3.8) is 0 Å². The van der Waals surface area contributed by atoms with Crippen molar-refractivity contribution >= 4 is 22.6 Å². The molecule has 0 aliphatic rings. The lowest BCUT2D eigenvalue weighted by atomic mass is 10.0. The highest BCUT2D eigenvalue weighted by Gasteiger charge is 2.08. The minimum absolute atomic E-state index is 0.0225. The average molecular weight is 259 g/mol. The van der Waals surface area contributed by atoms with Crippen molar-refractivity contribution in [3.8, 4) is 11.1 Å². The molecule has 0 aliphatic heterocycles. The smallest absolute Gasteiger partial charge is 0.138 e. The predicted molar refractivity (Wildman–Crippen MR) is 72.5 cm³/mol. The zero-order valence-electron chi connectivity index (χ0n) is 9.52. The van der Waals surface area contributed by atoms with Crippen molar-refractivity contribution in [1.29, 1.82) is 0 Å². The van der Waals surface area contributed by atoms with E-state index >= 15 is 0 Å². The first-order chi connectivity index (χ1) is 8.78. The quantitative estimate of drug-likeness (QED) is 0.740. The molecule has 0 saturated carbocycles. The molecule has 2 N–H and O–H groups in total. The van der Waals surface area contributed by atoms with Gasteiger partial charge >= 0.3 is 0 Å². The minimum atomic E-state index is -0.0225. The summed E-state index contributed by atoms with van der Waals surface area (Å²) in [6.07, 6.45) is 1.75. The molecule has 0 aliphatic carbocycles. The van der Waals surface area contributed by atoms with Crippen LogP contribution in [0.4, 0.5) is 0 Å². The number of aromatic amines is 1. The number of aliphatic hydroxyl groups excluding tert-OH is 1. The van der Waals surface area contributed by atoms with Gasteiger partial charge in [0, 0.05) is 22.3 Å². The van der Waals surface area contributed by atoms with Crippen molar-refractivity contribution in [1.82, 2.24) is 9.97 Å². The zero-order valence-corrected chi connectivity index (χ0v) is 10.3. The Hall–Kier alpha value is -1.84. The number of aliphatic hydroxyl groups is 1. The van der Waals surface area contributed by atoms with E-state index in [0.29, 0.717) is 5.02 Å². The molecule has 0 spiro atoms. The molecule has 0 atom stereocenters. The molecule has 4 heteroatoms. The van der Waals surface area contributed by atoms with Crippen LogP contribution in [0.15, 0.2) is 42.6 Å². The molecule has 0 bridgehead atoms. The van der Waals surface area contributed by atoms with Gasteiger partial charge in [-0.3, -0.25) is 0 Å². The van der Waals surface area contributed by atoms with E-state index in [-0.39, 0.29) is 6.61 Å². The zero-order chi connectivity index (χ0) is 12.5.